The standard InChI is InChI=1S/C14H19NO2S/c16-14(17)11-6-4-9(5-7-11)12-8-18-13(15-12)10-2-1-3-10/h8-11H,1-7H2,(H,16,17). The SMILES string of the molecule is O=C(O)C1CCC(c2csc(C3CCC3)n2)CC1. The van der Waals surface area contributed by atoms with Crippen LogP contribution in [0.5, 0.6) is 0 Å². The number of thiazole rings is 1. The average Bonchev–Trinajstić information content (AvgIpc) is 2.76. The van der Waals surface area contributed by atoms with Gasteiger partial charge in [0.1, 0.15) is 0 Å². The lowest BCUT2D eigenvalue weighted by molar-refractivity contribution is -0.142. The fourth-order valence-electron chi connectivity index (χ4n) is 2.97. The van der Waals surface area contributed by atoms with Gasteiger partial charge in [0.2, 0.25) is 0 Å². The van der Waals surface area contributed by atoms with Crippen molar-refractivity contribution in [1.29, 1.82) is 0 Å². The van der Waals surface area contributed by atoms with Crippen molar-refractivity contribution < 1.29 is 9.90 Å². The van der Waals surface area contributed by atoms with E-state index in [1.165, 1.54) is 30.0 Å². The van der Waals surface area contributed by atoms with E-state index in [1.807, 2.05) is 0 Å². The van der Waals surface area contributed by atoms with Gasteiger partial charge >= 0.3 is 5.97 Å². The van der Waals surface area contributed by atoms with Crippen LogP contribution in [0.25, 0.3) is 0 Å². The minimum atomic E-state index is -0.623. The van der Waals surface area contributed by atoms with Crippen LogP contribution in [0.3, 0.4) is 0 Å². The third-order valence-electron chi connectivity index (χ3n) is 4.49. The van der Waals surface area contributed by atoms with Gasteiger partial charge < -0.3 is 5.11 Å². The highest BCUT2D eigenvalue weighted by atomic mass is 32.1. The van der Waals surface area contributed by atoms with Crippen molar-refractivity contribution in [3.05, 3.63) is 16.1 Å². The maximum atomic E-state index is 10.9. The zero-order valence-electron chi connectivity index (χ0n) is 10.5. The quantitative estimate of drug-likeness (QED) is 0.905. The molecule has 0 saturated heterocycles. The van der Waals surface area contributed by atoms with E-state index in [9.17, 15) is 4.79 Å². The van der Waals surface area contributed by atoms with Crippen LogP contribution in [0.2, 0.25) is 0 Å². The van der Waals surface area contributed by atoms with E-state index < -0.39 is 5.97 Å². The van der Waals surface area contributed by atoms with E-state index in [-0.39, 0.29) is 5.92 Å². The van der Waals surface area contributed by atoms with Crippen molar-refractivity contribution in [1.82, 2.24) is 4.98 Å². The van der Waals surface area contributed by atoms with Crippen LogP contribution in [0.1, 0.15) is 67.5 Å². The van der Waals surface area contributed by atoms with E-state index in [4.69, 9.17) is 10.1 Å². The van der Waals surface area contributed by atoms with Gasteiger partial charge in [-0.25, -0.2) is 4.98 Å². The third kappa shape index (κ3) is 2.30. The molecule has 2 aliphatic carbocycles. The molecule has 1 aromatic heterocycles. The summed E-state index contributed by atoms with van der Waals surface area (Å²) in [5.41, 5.74) is 1.23. The van der Waals surface area contributed by atoms with Crippen molar-refractivity contribution >= 4 is 17.3 Å². The maximum absolute atomic E-state index is 10.9. The summed E-state index contributed by atoms with van der Waals surface area (Å²) < 4.78 is 0. The largest absolute Gasteiger partial charge is 0.481 e. The van der Waals surface area contributed by atoms with Crippen molar-refractivity contribution in [2.24, 2.45) is 5.92 Å². The van der Waals surface area contributed by atoms with Crippen LogP contribution < -0.4 is 0 Å². The van der Waals surface area contributed by atoms with E-state index in [0.717, 1.165) is 31.6 Å². The Bertz CT molecular complexity index is 431. The highest BCUT2D eigenvalue weighted by Crippen LogP contribution is 2.41. The van der Waals surface area contributed by atoms with Crippen LogP contribution in [0, 0.1) is 5.92 Å². The smallest absolute Gasteiger partial charge is 0.306 e. The lowest BCUT2D eigenvalue weighted by atomic mass is 9.81. The lowest BCUT2D eigenvalue weighted by Crippen LogP contribution is -2.20. The highest BCUT2D eigenvalue weighted by Gasteiger charge is 2.29. The first kappa shape index (κ1) is 12.2. The zero-order valence-corrected chi connectivity index (χ0v) is 11.3. The Kier molecular flexibility index (Phi) is 3.37. The molecule has 0 atom stereocenters. The molecule has 0 spiro atoms. The summed E-state index contributed by atoms with van der Waals surface area (Å²) in [6.07, 6.45) is 7.57. The van der Waals surface area contributed by atoms with Crippen LogP contribution in [0.15, 0.2) is 5.38 Å². The summed E-state index contributed by atoms with van der Waals surface area (Å²) in [6.45, 7) is 0. The molecule has 2 fully saturated rings. The van der Waals surface area contributed by atoms with Crippen LogP contribution in [0.4, 0.5) is 0 Å². The minimum absolute atomic E-state index is 0.119. The minimum Gasteiger partial charge on any atom is -0.481 e. The molecule has 3 rings (SSSR count). The summed E-state index contributed by atoms with van der Waals surface area (Å²) in [7, 11) is 0. The molecule has 1 heterocycles. The summed E-state index contributed by atoms with van der Waals surface area (Å²) >= 11 is 1.81. The number of carboxylic acids is 1. The Balaban J connectivity index is 1.62. The number of hydrogen-bond acceptors (Lipinski definition) is 3. The van der Waals surface area contributed by atoms with Gasteiger partial charge in [-0.05, 0) is 38.5 Å². The van der Waals surface area contributed by atoms with Gasteiger partial charge in [0.05, 0.1) is 16.6 Å². The van der Waals surface area contributed by atoms with Crippen LogP contribution in [-0.2, 0) is 4.79 Å². The molecule has 0 radical (unpaired) electrons. The highest BCUT2D eigenvalue weighted by molar-refractivity contribution is 7.09. The van der Waals surface area contributed by atoms with Gasteiger partial charge in [-0.15, -0.1) is 11.3 Å². The first-order valence-corrected chi connectivity index (χ1v) is 7.80. The second kappa shape index (κ2) is 5.00. The second-order valence-electron chi connectivity index (χ2n) is 5.63. The predicted octanol–water partition coefficient (Wildman–Crippen LogP) is 3.77. The monoisotopic (exact) mass is 265 g/mol. The molecule has 0 aliphatic heterocycles. The summed E-state index contributed by atoms with van der Waals surface area (Å²) in [4.78, 5) is 15.7. The van der Waals surface area contributed by atoms with E-state index in [1.54, 1.807) is 11.3 Å². The Labute approximate surface area is 111 Å². The van der Waals surface area contributed by atoms with Crippen molar-refractivity contribution in [3.8, 4) is 0 Å². The first-order chi connectivity index (χ1) is 8.74. The predicted molar refractivity (Wildman–Crippen MR) is 71.0 cm³/mol. The van der Waals surface area contributed by atoms with Gasteiger partial charge in [-0.3, -0.25) is 4.79 Å². The van der Waals surface area contributed by atoms with Crippen molar-refractivity contribution in [3.63, 3.8) is 0 Å². The number of rotatable bonds is 3. The Hall–Kier alpha value is -0.900. The molecular weight excluding hydrogens is 246 g/mol. The Morgan fingerprint density at radius 3 is 2.44 bits per heavy atom. The molecule has 1 aromatic rings. The Morgan fingerprint density at radius 2 is 1.89 bits per heavy atom. The third-order valence-corrected chi connectivity index (χ3v) is 5.51. The summed E-state index contributed by atoms with van der Waals surface area (Å²) in [5.74, 6) is 0.484. The van der Waals surface area contributed by atoms with Gasteiger partial charge in [0.15, 0.2) is 0 Å². The average molecular weight is 265 g/mol. The van der Waals surface area contributed by atoms with E-state index in [2.05, 4.69) is 5.38 Å². The Morgan fingerprint density at radius 1 is 1.17 bits per heavy atom. The van der Waals surface area contributed by atoms with Gasteiger partial charge in [-0.1, -0.05) is 6.42 Å². The molecule has 3 nitrogen and oxygen atoms in total. The van der Waals surface area contributed by atoms with Crippen LogP contribution >= 0.6 is 11.3 Å². The molecule has 4 heteroatoms. The summed E-state index contributed by atoms with van der Waals surface area (Å²) in [5, 5.41) is 12.5. The molecule has 18 heavy (non-hydrogen) atoms. The molecule has 1 N–H and O–H groups in total. The van der Waals surface area contributed by atoms with Crippen molar-refractivity contribution in [2.45, 2.75) is 56.8 Å². The normalized spacial score (nSPS) is 28.9. The molecule has 0 aromatic carbocycles. The number of carboxylic acid groups (broad SMARTS) is 1. The number of aromatic nitrogens is 1. The lowest BCUT2D eigenvalue weighted by Gasteiger charge is -2.25. The van der Waals surface area contributed by atoms with Gasteiger partial charge in [0, 0.05) is 17.2 Å². The molecular formula is C14H19NO2S. The number of aliphatic carboxylic acids is 1. The summed E-state index contributed by atoms with van der Waals surface area (Å²) in [6, 6.07) is 0. The first-order valence-electron chi connectivity index (χ1n) is 6.92. The number of nitrogens with zero attached hydrogens (tertiary/aromatic N) is 1. The second-order valence-corrected chi connectivity index (χ2v) is 6.51. The zero-order chi connectivity index (χ0) is 12.5. The van der Waals surface area contributed by atoms with Crippen molar-refractivity contribution in [2.75, 3.05) is 0 Å². The fraction of sp³-hybridized carbons (Fsp3) is 0.714. The molecule has 2 aliphatic rings. The molecule has 2 saturated carbocycles. The van der Waals surface area contributed by atoms with Gasteiger partial charge in [0.25, 0.3) is 0 Å². The van der Waals surface area contributed by atoms with Gasteiger partial charge in [-0.2, -0.15) is 0 Å². The topological polar surface area (TPSA) is 50.2 Å². The van der Waals surface area contributed by atoms with E-state index in [0.29, 0.717) is 5.92 Å². The van der Waals surface area contributed by atoms with E-state index >= 15 is 0 Å². The number of carbonyl (C=O) groups is 1. The molecule has 0 amide bonds. The molecule has 0 bridgehead atoms. The molecule has 98 valence electrons. The molecule has 0 unspecified atom stereocenters. The number of hydrogen-bond donors (Lipinski definition) is 1. The fourth-order valence-corrected chi connectivity index (χ4v) is 4.04. The maximum Gasteiger partial charge on any atom is 0.306 e. The van der Waals surface area contributed by atoms with Crippen LogP contribution in [-0.4, -0.2) is 16.1 Å².